The fourth-order valence-electron chi connectivity index (χ4n) is 10.4. The first-order valence-electron chi connectivity index (χ1n) is 31.5. The predicted octanol–water partition coefficient (Wildman–Crippen LogP) is 17.5. The van der Waals surface area contributed by atoms with Crippen molar-refractivity contribution in [2.24, 2.45) is 0 Å². The molecule has 0 aliphatic carbocycles. The van der Waals surface area contributed by atoms with E-state index < -0.39 is 72.9 Å². The molecule has 0 spiro atoms. The van der Waals surface area contributed by atoms with Gasteiger partial charge in [-0.1, -0.05) is 171 Å². The number of hydrogen-bond donors (Lipinski definition) is 0. The van der Waals surface area contributed by atoms with E-state index in [9.17, 15) is 11.0 Å². The number of nitrogens with zero attached hydrogens (tertiary/aromatic N) is 4. The number of imidazole rings is 1. The lowest BCUT2D eigenvalue weighted by atomic mass is 9.77. The molecule has 12 rings (SSSR count). The number of pyridine rings is 1. The van der Waals surface area contributed by atoms with Crippen molar-refractivity contribution in [3.05, 3.63) is 210 Å². The third kappa shape index (κ3) is 7.76. The molecule has 5 nitrogen and oxygen atoms in total. The van der Waals surface area contributed by atoms with E-state index in [2.05, 4.69) is 55.9 Å². The van der Waals surface area contributed by atoms with Crippen LogP contribution in [0.2, 0.25) is 0 Å². The summed E-state index contributed by atoms with van der Waals surface area (Å²) in [6.45, 7) is 12.9. The van der Waals surface area contributed by atoms with Gasteiger partial charge in [0.25, 0.3) is 6.33 Å². The molecule has 0 atom stereocenters. The second-order valence-electron chi connectivity index (χ2n) is 22.1. The zero-order valence-corrected chi connectivity index (χ0v) is 42.3. The van der Waals surface area contributed by atoms with Gasteiger partial charge in [-0.25, -0.2) is 4.98 Å². The summed E-state index contributed by atoms with van der Waals surface area (Å²) in [4.78, 5) is 4.87. The van der Waals surface area contributed by atoms with Crippen LogP contribution in [0.4, 0.5) is 0 Å². The van der Waals surface area contributed by atoms with E-state index in [1.54, 1.807) is 33.4 Å². The van der Waals surface area contributed by atoms with Crippen molar-refractivity contribution in [3.8, 4) is 73.2 Å². The smallest absolute Gasteiger partial charge is 0.269 e. The van der Waals surface area contributed by atoms with E-state index in [1.165, 1.54) is 24.3 Å². The first kappa shape index (κ1) is 32.9. The van der Waals surface area contributed by atoms with Gasteiger partial charge in [0.15, 0.2) is 0 Å². The van der Waals surface area contributed by atoms with Crippen LogP contribution in [0.3, 0.4) is 0 Å². The molecule has 0 unspecified atom stereocenters. The van der Waals surface area contributed by atoms with Crippen LogP contribution in [0.5, 0.6) is 11.5 Å². The zero-order chi connectivity index (χ0) is 62.7. The van der Waals surface area contributed by atoms with E-state index in [0.29, 0.717) is 34.0 Å². The molecule has 360 valence electrons. The predicted molar refractivity (Wildman–Crippen MR) is 303 cm³/mol. The standard InChI is InChI=1S/C68H62N4O/c1-42-20-18-21-43(2)63(42)44-34-56-52-26-14-12-24-50(52)51-25-13-15-27-53(51)57-36-46(67(6,7)8)37-58(68(9,10)11)64(57)71-41-70(61(35-44)65(56)71)47-22-19-23-48(39-47)73-49-30-31-55-54-28-16-17-29-59(54)72(60(55)40-49)62-38-45(32-33-69-62)66(3,4)5/h12-40H,1-11H3/i1D3,2D3,12D,13D,14D,15D,24D,25D,26D,27D. The molecule has 5 heteroatoms. The van der Waals surface area contributed by atoms with E-state index in [4.69, 9.17) is 17.9 Å². The average Bonchev–Trinajstić information content (AvgIpc) is 1.63. The van der Waals surface area contributed by atoms with Crippen molar-refractivity contribution in [3.63, 3.8) is 0 Å². The van der Waals surface area contributed by atoms with Crippen molar-refractivity contribution in [1.82, 2.24) is 14.1 Å². The summed E-state index contributed by atoms with van der Waals surface area (Å²) in [6, 6.07) is 32.0. The van der Waals surface area contributed by atoms with E-state index in [0.717, 1.165) is 38.8 Å². The third-order valence-electron chi connectivity index (χ3n) is 14.1. The van der Waals surface area contributed by atoms with Crippen molar-refractivity contribution in [2.75, 3.05) is 0 Å². The number of ether oxygens (including phenoxy) is 1. The van der Waals surface area contributed by atoms with Crippen molar-refractivity contribution < 1.29 is 28.5 Å². The summed E-state index contributed by atoms with van der Waals surface area (Å²) >= 11 is 0. The van der Waals surface area contributed by atoms with Gasteiger partial charge < -0.3 is 4.74 Å². The lowest BCUT2D eigenvalue weighted by molar-refractivity contribution is -0.572. The highest BCUT2D eigenvalue weighted by Gasteiger charge is 2.32. The monoisotopic (exact) mass is 965 g/mol. The number of aromatic nitrogens is 4. The maximum Gasteiger partial charge on any atom is 0.269 e. The molecule has 0 N–H and O–H groups in total. The van der Waals surface area contributed by atoms with Gasteiger partial charge in [0, 0.05) is 31.3 Å². The van der Waals surface area contributed by atoms with E-state index in [1.807, 2.05) is 96.3 Å². The second-order valence-corrected chi connectivity index (χ2v) is 22.1. The highest BCUT2D eigenvalue weighted by molar-refractivity contribution is 6.09. The van der Waals surface area contributed by atoms with E-state index >= 15 is 0 Å². The minimum atomic E-state index is -2.87. The van der Waals surface area contributed by atoms with Crippen LogP contribution < -0.4 is 9.30 Å². The molecule has 0 bridgehead atoms. The number of benzene rings is 8. The normalized spacial score (nSPS) is 15.7. The lowest BCUT2D eigenvalue weighted by Gasteiger charge is -2.30. The largest absolute Gasteiger partial charge is 0.458 e. The van der Waals surface area contributed by atoms with Crippen LogP contribution in [0, 0.1) is 20.0 Å². The van der Waals surface area contributed by atoms with Crippen LogP contribution in [0.15, 0.2) is 176 Å². The summed E-state index contributed by atoms with van der Waals surface area (Å²) in [7, 11) is 0. The topological polar surface area (TPSA) is 35.9 Å². The Hall–Kier alpha value is -8.02. The molecule has 0 amide bonds. The number of hydrogen-bond acceptors (Lipinski definition) is 2. The molecule has 0 saturated heterocycles. The molecule has 11 aromatic rings. The Labute approximate surface area is 449 Å². The summed E-state index contributed by atoms with van der Waals surface area (Å²) in [5, 5.41) is 2.02. The summed E-state index contributed by atoms with van der Waals surface area (Å²) < 4.78 is 142. The third-order valence-corrected chi connectivity index (χ3v) is 14.1. The summed E-state index contributed by atoms with van der Waals surface area (Å²) in [6.07, 6.45) is 5.48. The Morgan fingerprint density at radius 1 is 0.548 bits per heavy atom. The van der Waals surface area contributed by atoms with Gasteiger partial charge >= 0.3 is 0 Å². The Balaban J connectivity index is 1.22. The molecule has 0 fully saturated rings. The minimum absolute atomic E-state index is 0.0183. The maximum atomic E-state index is 9.97. The minimum Gasteiger partial charge on any atom is -0.458 e. The molecule has 1 aliphatic rings. The first-order valence-corrected chi connectivity index (χ1v) is 24.5. The molecule has 73 heavy (non-hydrogen) atoms. The van der Waals surface area contributed by atoms with Gasteiger partial charge in [0.2, 0.25) is 0 Å². The number of fused-ring (bicyclic) bond motifs is 10. The highest BCUT2D eigenvalue weighted by Crippen LogP contribution is 2.48. The molecule has 4 heterocycles. The highest BCUT2D eigenvalue weighted by atomic mass is 16.5. The van der Waals surface area contributed by atoms with Gasteiger partial charge in [-0.05, 0) is 157 Å². The number of aryl methyl sites for hydroxylation is 2. The lowest BCUT2D eigenvalue weighted by Crippen LogP contribution is -2.35. The van der Waals surface area contributed by atoms with Crippen LogP contribution in [-0.2, 0) is 16.2 Å². The van der Waals surface area contributed by atoms with Gasteiger partial charge in [-0.15, -0.1) is 0 Å². The Kier molecular flexibility index (Phi) is 7.55. The van der Waals surface area contributed by atoms with Gasteiger partial charge in [0.1, 0.15) is 17.3 Å². The second kappa shape index (κ2) is 16.8. The first-order chi connectivity index (χ1) is 40.7. The molecule has 8 aromatic carbocycles. The number of rotatable bonds is 5. The quantitative estimate of drug-likeness (QED) is 0.127. The van der Waals surface area contributed by atoms with Gasteiger partial charge in [-0.2, -0.15) is 0 Å². The Morgan fingerprint density at radius 3 is 1.88 bits per heavy atom. The summed E-state index contributed by atoms with van der Waals surface area (Å²) in [5.74, 6) is 1.65. The molecule has 3 aromatic heterocycles. The Bertz CT molecular complexity index is 4710. The molecule has 0 saturated carbocycles. The number of para-hydroxylation sites is 1. The molecule has 1 aliphatic heterocycles. The van der Waals surface area contributed by atoms with Crippen molar-refractivity contribution in [2.45, 2.75) is 92.3 Å². The van der Waals surface area contributed by atoms with Crippen LogP contribution in [0.25, 0.3) is 94.5 Å². The summed E-state index contributed by atoms with van der Waals surface area (Å²) in [5.41, 5.74) is 3.63. The SMILES string of the molecule is [2H]c1c([2H])c([2H])c2c(c1[2H])-c1cc(C(C)(C)C)cc(C(C)(C)C)c1-[n+]1[c-]n(-c3cccc(Oc4ccc5c6ccccc6n(-c6cc(C(C)(C)C)ccn6)c5c4)c3)c3cc(-c4c(C([2H])([2H])[2H])cccc4C([2H])([2H])[2H])cc(c31)-c1c([2H])c([2H])c([2H])c([2H])c1-2. The molecular weight excluding hydrogens is 889 g/mol. The maximum absolute atomic E-state index is 9.97. The average molecular weight is 965 g/mol. The van der Waals surface area contributed by atoms with Crippen molar-refractivity contribution >= 4 is 32.8 Å². The zero-order valence-electron chi connectivity index (χ0n) is 56.3. The Morgan fingerprint density at radius 2 is 1.19 bits per heavy atom. The fourth-order valence-corrected chi connectivity index (χ4v) is 10.4. The van der Waals surface area contributed by atoms with Crippen LogP contribution in [0.1, 0.15) is 109 Å². The van der Waals surface area contributed by atoms with Crippen LogP contribution in [-0.4, -0.2) is 14.1 Å². The van der Waals surface area contributed by atoms with Gasteiger partial charge in [-0.3, -0.25) is 13.7 Å². The van der Waals surface area contributed by atoms with Crippen molar-refractivity contribution in [1.29, 1.82) is 0 Å². The molecular formula is C68H62N4O. The van der Waals surface area contributed by atoms with Gasteiger partial charge in [0.05, 0.1) is 44.4 Å². The fraction of sp³-hybridized carbons (Fsp3) is 0.206. The molecule has 0 radical (unpaired) electrons. The van der Waals surface area contributed by atoms with E-state index in [-0.39, 0.29) is 66.5 Å². The van der Waals surface area contributed by atoms with Crippen LogP contribution >= 0.6 is 0 Å².